The predicted octanol–water partition coefficient (Wildman–Crippen LogP) is 4.78. The second kappa shape index (κ2) is 7.20. The number of thioether (sulfide) groups is 1. The van der Waals surface area contributed by atoms with Gasteiger partial charge in [-0.05, 0) is 52.8 Å². The first-order valence-electron chi connectivity index (χ1n) is 6.10. The lowest BCUT2D eigenvalue weighted by Crippen LogP contribution is -2.19. The average Bonchev–Trinajstić information content (AvgIpc) is 2.40. The van der Waals surface area contributed by atoms with Gasteiger partial charge in [0.15, 0.2) is 0 Å². The van der Waals surface area contributed by atoms with Crippen LogP contribution in [0.4, 0.5) is 8.78 Å². The Morgan fingerprint density at radius 1 is 1.15 bits per heavy atom. The topological polar surface area (TPSA) is 12.0 Å². The van der Waals surface area contributed by atoms with Crippen molar-refractivity contribution < 1.29 is 8.78 Å². The maximum absolute atomic E-state index is 13.3. The molecule has 5 heteroatoms. The van der Waals surface area contributed by atoms with Gasteiger partial charge in [-0.15, -0.1) is 11.8 Å². The molecule has 0 aromatic heterocycles. The predicted molar refractivity (Wildman–Crippen MR) is 83.0 cm³/mol. The summed E-state index contributed by atoms with van der Waals surface area (Å²) in [5.41, 5.74) is 0.615. The van der Waals surface area contributed by atoms with E-state index in [9.17, 15) is 8.78 Å². The Balaban J connectivity index is 2.11. The minimum Gasteiger partial charge on any atom is -0.312 e. The van der Waals surface area contributed by atoms with Gasteiger partial charge in [-0.1, -0.05) is 12.1 Å². The molecule has 1 N–H and O–H groups in total. The van der Waals surface area contributed by atoms with Gasteiger partial charge < -0.3 is 5.32 Å². The Hall–Kier alpha value is -0.910. The molecule has 0 bridgehead atoms. The van der Waals surface area contributed by atoms with Crippen LogP contribution in [-0.2, 0) is 0 Å². The van der Waals surface area contributed by atoms with E-state index in [4.69, 9.17) is 0 Å². The van der Waals surface area contributed by atoms with Crippen molar-refractivity contribution in [3.63, 3.8) is 0 Å². The monoisotopic (exact) mass is 357 g/mol. The molecular weight excluding hydrogens is 344 g/mol. The summed E-state index contributed by atoms with van der Waals surface area (Å²) in [6.07, 6.45) is 0. The molecule has 2 aromatic rings. The van der Waals surface area contributed by atoms with Crippen molar-refractivity contribution in [2.24, 2.45) is 0 Å². The van der Waals surface area contributed by atoms with E-state index in [2.05, 4.69) is 21.2 Å². The highest BCUT2D eigenvalue weighted by molar-refractivity contribution is 9.10. The summed E-state index contributed by atoms with van der Waals surface area (Å²) in [6.45, 7) is 0. The summed E-state index contributed by atoms with van der Waals surface area (Å²) in [6, 6.07) is 11.4. The van der Waals surface area contributed by atoms with Crippen LogP contribution in [0.2, 0.25) is 0 Å². The molecule has 0 spiro atoms. The lowest BCUT2D eigenvalue weighted by atomic mass is 10.1. The fourth-order valence-corrected chi connectivity index (χ4v) is 3.57. The molecule has 0 amide bonds. The molecule has 0 saturated heterocycles. The minimum absolute atomic E-state index is 0.114. The first kappa shape index (κ1) is 15.5. The number of halogens is 3. The van der Waals surface area contributed by atoms with Crippen LogP contribution in [0.1, 0.15) is 11.6 Å². The third kappa shape index (κ3) is 4.04. The molecular formula is C15H14BrF2NS. The lowest BCUT2D eigenvalue weighted by molar-refractivity contribution is 0.568. The molecule has 0 radical (unpaired) electrons. The molecule has 0 fully saturated rings. The maximum atomic E-state index is 13.3. The molecule has 2 rings (SSSR count). The van der Waals surface area contributed by atoms with Crippen molar-refractivity contribution >= 4 is 27.7 Å². The average molecular weight is 358 g/mol. The zero-order chi connectivity index (χ0) is 14.5. The molecule has 0 aliphatic carbocycles. The fraction of sp³-hybridized carbons (Fsp3) is 0.200. The Morgan fingerprint density at radius 2 is 1.80 bits per heavy atom. The molecule has 1 unspecified atom stereocenters. The molecule has 1 atom stereocenters. The Labute approximate surface area is 129 Å². The highest BCUT2D eigenvalue weighted by atomic mass is 79.9. The van der Waals surface area contributed by atoms with Crippen LogP contribution in [0, 0.1) is 11.6 Å². The third-order valence-electron chi connectivity index (χ3n) is 2.88. The largest absolute Gasteiger partial charge is 0.312 e. The SMILES string of the molecule is CNC(CSc1ccccc1Br)c1cc(F)cc(F)c1. The molecule has 106 valence electrons. The minimum atomic E-state index is -0.550. The number of nitrogens with one attached hydrogen (secondary N) is 1. The molecule has 0 saturated carbocycles. The third-order valence-corrected chi connectivity index (χ3v) is 5.00. The zero-order valence-corrected chi connectivity index (χ0v) is 13.3. The van der Waals surface area contributed by atoms with E-state index in [0.717, 1.165) is 15.4 Å². The van der Waals surface area contributed by atoms with Crippen molar-refractivity contribution in [1.82, 2.24) is 5.32 Å². The van der Waals surface area contributed by atoms with Gasteiger partial charge in [0, 0.05) is 27.2 Å². The number of hydrogen-bond donors (Lipinski definition) is 1. The quantitative estimate of drug-likeness (QED) is 0.772. The van der Waals surface area contributed by atoms with Gasteiger partial charge in [-0.3, -0.25) is 0 Å². The van der Waals surface area contributed by atoms with E-state index in [1.165, 1.54) is 12.1 Å². The van der Waals surface area contributed by atoms with Crippen molar-refractivity contribution in [1.29, 1.82) is 0 Å². The normalized spacial score (nSPS) is 12.4. The van der Waals surface area contributed by atoms with E-state index in [-0.39, 0.29) is 6.04 Å². The van der Waals surface area contributed by atoms with Crippen LogP contribution >= 0.6 is 27.7 Å². The van der Waals surface area contributed by atoms with E-state index in [1.807, 2.05) is 24.3 Å². The van der Waals surface area contributed by atoms with E-state index < -0.39 is 11.6 Å². The molecule has 0 aliphatic rings. The van der Waals surface area contributed by atoms with E-state index in [1.54, 1.807) is 18.8 Å². The molecule has 0 heterocycles. The standard InChI is InChI=1S/C15H14BrF2NS/c1-19-14(10-6-11(17)8-12(18)7-10)9-20-15-5-3-2-4-13(15)16/h2-8,14,19H,9H2,1H3. The maximum Gasteiger partial charge on any atom is 0.126 e. The van der Waals surface area contributed by atoms with Crippen LogP contribution < -0.4 is 5.32 Å². The van der Waals surface area contributed by atoms with Gasteiger partial charge in [-0.2, -0.15) is 0 Å². The first-order chi connectivity index (χ1) is 9.60. The van der Waals surface area contributed by atoms with Crippen LogP contribution in [0.15, 0.2) is 51.8 Å². The van der Waals surface area contributed by atoms with Crippen molar-refractivity contribution in [3.8, 4) is 0 Å². The second-order valence-electron chi connectivity index (χ2n) is 4.29. The van der Waals surface area contributed by atoms with E-state index in [0.29, 0.717) is 11.3 Å². The smallest absolute Gasteiger partial charge is 0.126 e. The Kier molecular flexibility index (Phi) is 5.57. The number of rotatable bonds is 5. The van der Waals surface area contributed by atoms with Gasteiger partial charge >= 0.3 is 0 Å². The molecule has 2 aromatic carbocycles. The Bertz CT molecular complexity index is 572. The first-order valence-corrected chi connectivity index (χ1v) is 7.88. The van der Waals surface area contributed by atoms with Crippen molar-refractivity contribution in [3.05, 3.63) is 64.1 Å². The second-order valence-corrected chi connectivity index (χ2v) is 6.20. The van der Waals surface area contributed by atoms with Gasteiger partial charge in [-0.25, -0.2) is 8.78 Å². The Morgan fingerprint density at radius 3 is 2.40 bits per heavy atom. The van der Waals surface area contributed by atoms with Crippen molar-refractivity contribution in [2.75, 3.05) is 12.8 Å². The van der Waals surface area contributed by atoms with Gasteiger partial charge in [0.25, 0.3) is 0 Å². The number of hydrogen-bond acceptors (Lipinski definition) is 2. The summed E-state index contributed by atoms with van der Waals surface area (Å²) >= 11 is 5.12. The van der Waals surface area contributed by atoms with Crippen LogP contribution in [0.3, 0.4) is 0 Å². The lowest BCUT2D eigenvalue weighted by Gasteiger charge is -2.17. The highest BCUT2D eigenvalue weighted by Crippen LogP contribution is 2.30. The molecule has 20 heavy (non-hydrogen) atoms. The van der Waals surface area contributed by atoms with Gasteiger partial charge in [0.05, 0.1) is 0 Å². The van der Waals surface area contributed by atoms with Gasteiger partial charge in [0.2, 0.25) is 0 Å². The molecule has 1 nitrogen and oxygen atoms in total. The van der Waals surface area contributed by atoms with Crippen molar-refractivity contribution in [2.45, 2.75) is 10.9 Å². The van der Waals surface area contributed by atoms with Crippen LogP contribution in [0.5, 0.6) is 0 Å². The number of benzene rings is 2. The van der Waals surface area contributed by atoms with Crippen LogP contribution in [0.25, 0.3) is 0 Å². The van der Waals surface area contributed by atoms with E-state index >= 15 is 0 Å². The summed E-state index contributed by atoms with van der Waals surface area (Å²) in [7, 11) is 1.79. The summed E-state index contributed by atoms with van der Waals surface area (Å²) in [4.78, 5) is 1.10. The summed E-state index contributed by atoms with van der Waals surface area (Å²) in [5.74, 6) is -0.417. The zero-order valence-electron chi connectivity index (χ0n) is 10.9. The highest BCUT2D eigenvalue weighted by Gasteiger charge is 2.13. The van der Waals surface area contributed by atoms with Crippen LogP contribution in [-0.4, -0.2) is 12.8 Å². The van der Waals surface area contributed by atoms with Gasteiger partial charge in [0.1, 0.15) is 11.6 Å². The fourth-order valence-electron chi connectivity index (χ4n) is 1.86. The summed E-state index contributed by atoms with van der Waals surface area (Å²) < 4.78 is 27.6. The summed E-state index contributed by atoms with van der Waals surface area (Å²) in [5, 5.41) is 3.09. The molecule has 0 aliphatic heterocycles.